The van der Waals surface area contributed by atoms with Gasteiger partial charge in [0, 0.05) is 44.8 Å². The summed E-state index contributed by atoms with van der Waals surface area (Å²) < 4.78 is 5.57. The van der Waals surface area contributed by atoms with Gasteiger partial charge in [-0.2, -0.15) is 0 Å². The fraction of sp³-hybridized carbons (Fsp3) is 0.360. The van der Waals surface area contributed by atoms with Gasteiger partial charge in [-0.25, -0.2) is 9.97 Å². The van der Waals surface area contributed by atoms with Gasteiger partial charge in [0.15, 0.2) is 0 Å². The van der Waals surface area contributed by atoms with Gasteiger partial charge in [0.25, 0.3) is 5.91 Å². The maximum Gasteiger partial charge on any atom is 0.258 e. The molecule has 0 aliphatic carbocycles. The van der Waals surface area contributed by atoms with Crippen LogP contribution in [0.1, 0.15) is 46.1 Å². The lowest BCUT2D eigenvalue weighted by Gasteiger charge is -2.28. The van der Waals surface area contributed by atoms with E-state index in [1.165, 1.54) is 0 Å². The molecule has 4 rings (SSSR count). The van der Waals surface area contributed by atoms with Crippen LogP contribution in [0.3, 0.4) is 0 Å². The van der Waals surface area contributed by atoms with Crippen LogP contribution < -0.4 is 9.64 Å². The maximum atomic E-state index is 13.7. The number of methoxy groups -OCH3 is 1. The van der Waals surface area contributed by atoms with E-state index in [0.29, 0.717) is 23.8 Å². The highest BCUT2D eigenvalue weighted by Crippen LogP contribution is 2.39. The van der Waals surface area contributed by atoms with Crippen LogP contribution in [0.2, 0.25) is 0 Å². The number of rotatable bonds is 5. The second-order valence-electron chi connectivity index (χ2n) is 8.37. The van der Waals surface area contributed by atoms with E-state index in [4.69, 9.17) is 9.72 Å². The molecule has 0 saturated carbocycles. The molecule has 1 amide bonds. The third kappa shape index (κ3) is 3.90. The number of carbonyl (C=O) groups is 1. The molecule has 0 spiro atoms. The summed E-state index contributed by atoms with van der Waals surface area (Å²) in [5.41, 5.74) is 5.42. The third-order valence-corrected chi connectivity index (χ3v) is 5.99. The molecule has 0 radical (unpaired) electrons. The van der Waals surface area contributed by atoms with Crippen LogP contribution in [0, 0.1) is 13.8 Å². The minimum absolute atomic E-state index is 0.0320. The Morgan fingerprint density at radius 2 is 1.94 bits per heavy atom. The highest BCUT2D eigenvalue weighted by atomic mass is 16.5. The zero-order valence-corrected chi connectivity index (χ0v) is 19.3. The number of anilines is 1. The number of likely N-dealkylation sites (tertiary alicyclic amines) is 1. The van der Waals surface area contributed by atoms with E-state index < -0.39 is 0 Å². The fourth-order valence-corrected chi connectivity index (χ4v) is 4.38. The molecule has 1 aliphatic heterocycles. The molecular weight excluding hydrogens is 402 g/mol. The summed E-state index contributed by atoms with van der Waals surface area (Å²) in [6, 6.07) is 7.53. The zero-order chi connectivity index (χ0) is 22.8. The average Bonchev–Trinajstić information content (AvgIpc) is 3.28. The predicted octanol–water partition coefficient (Wildman–Crippen LogP) is 4.21. The minimum atomic E-state index is -0.142. The van der Waals surface area contributed by atoms with Crippen molar-refractivity contribution in [2.45, 2.75) is 32.7 Å². The number of hydrogen-bond donors (Lipinski definition) is 0. The van der Waals surface area contributed by atoms with Crippen molar-refractivity contribution in [3.05, 3.63) is 65.2 Å². The van der Waals surface area contributed by atoms with E-state index in [1.54, 1.807) is 13.3 Å². The second kappa shape index (κ2) is 8.94. The lowest BCUT2D eigenvalue weighted by molar-refractivity contribution is 0.0729. The average molecular weight is 432 g/mol. The Morgan fingerprint density at radius 1 is 1.12 bits per heavy atom. The minimum Gasteiger partial charge on any atom is -0.496 e. The normalized spacial score (nSPS) is 15.7. The first-order valence-corrected chi connectivity index (χ1v) is 10.8. The van der Waals surface area contributed by atoms with Crippen molar-refractivity contribution in [3.8, 4) is 16.9 Å². The predicted molar refractivity (Wildman–Crippen MR) is 125 cm³/mol. The Balaban J connectivity index is 1.82. The SMILES string of the molecule is COc1c(C)cccc1C(=O)N1CCC[C@H]1c1nc(N(C)C)ncc1-c1ccncc1C. The lowest BCUT2D eigenvalue weighted by Crippen LogP contribution is -2.32. The van der Waals surface area contributed by atoms with Gasteiger partial charge in [0.1, 0.15) is 5.75 Å². The number of pyridine rings is 1. The molecule has 0 unspecified atom stereocenters. The smallest absolute Gasteiger partial charge is 0.258 e. The number of hydrogen-bond acceptors (Lipinski definition) is 6. The van der Waals surface area contributed by atoms with Crippen LogP contribution in [0.5, 0.6) is 5.75 Å². The molecule has 1 aliphatic rings. The third-order valence-electron chi connectivity index (χ3n) is 5.99. The van der Waals surface area contributed by atoms with E-state index in [2.05, 4.69) is 9.97 Å². The molecule has 166 valence electrons. The van der Waals surface area contributed by atoms with Crippen LogP contribution >= 0.6 is 0 Å². The van der Waals surface area contributed by atoms with Gasteiger partial charge in [-0.1, -0.05) is 12.1 Å². The Hall–Kier alpha value is -3.48. The largest absolute Gasteiger partial charge is 0.496 e. The Morgan fingerprint density at radius 3 is 2.66 bits per heavy atom. The van der Waals surface area contributed by atoms with Gasteiger partial charge < -0.3 is 14.5 Å². The molecule has 3 heterocycles. The summed E-state index contributed by atoms with van der Waals surface area (Å²) in [5, 5.41) is 0. The molecule has 1 fully saturated rings. The number of nitrogens with zero attached hydrogens (tertiary/aromatic N) is 5. The fourth-order valence-electron chi connectivity index (χ4n) is 4.38. The summed E-state index contributed by atoms with van der Waals surface area (Å²) in [5.74, 6) is 1.23. The standard InChI is InChI=1S/C25H29N5O2/c1-16-8-6-9-19(23(16)32-5)24(31)30-13-7-10-21(30)22-20(15-27-25(28-22)29(3)4)18-11-12-26-14-17(18)2/h6,8-9,11-12,14-15,21H,7,10,13H2,1-5H3/t21-/m0/s1. The van der Waals surface area contributed by atoms with Gasteiger partial charge in [0.05, 0.1) is 24.4 Å². The first-order valence-electron chi connectivity index (χ1n) is 10.8. The first-order chi connectivity index (χ1) is 15.4. The van der Waals surface area contributed by atoms with E-state index in [1.807, 2.05) is 74.4 Å². The van der Waals surface area contributed by atoms with Crippen LogP contribution in [-0.2, 0) is 0 Å². The monoisotopic (exact) mass is 431 g/mol. The van der Waals surface area contributed by atoms with Crippen LogP contribution in [0.25, 0.3) is 11.1 Å². The van der Waals surface area contributed by atoms with E-state index in [9.17, 15) is 4.79 Å². The Kier molecular flexibility index (Phi) is 6.08. The number of aromatic nitrogens is 3. The number of amides is 1. The molecule has 0 N–H and O–H groups in total. The van der Waals surface area contributed by atoms with Gasteiger partial charge in [-0.15, -0.1) is 0 Å². The molecule has 2 aromatic heterocycles. The van der Waals surface area contributed by atoms with Crippen molar-refractivity contribution in [1.29, 1.82) is 0 Å². The zero-order valence-electron chi connectivity index (χ0n) is 19.3. The van der Waals surface area contributed by atoms with Gasteiger partial charge in [-0.3, -0.25) is 9.78 Å². The summed E-state index contributed by atoms with van der Waals surface area (Å²) in [6.45, 7) is 4.66. The summed E-state index contributed by atoms with van der Waals surface area (Å²) in [4.78, 5) is 31.2. The van der Waals surface area contributed by atoms with Gasteiger partial charge in [0.2, 0.25) is 5.95 Å². The number of benzene rings is 1. The molecule has 0 bridgehead atoms. The summed E-state index contributed by atoms with van der Waals surface area (Å²) >= 11 is 0. The highest BCUT2D eigenvalue weighted by Gasteiger charge is 2.35. The van der Waals surface area contributed by atoms with Crippen molar-refractivity contribution >= 4 is 11.9 Å². The topological polar surface area (TPSA) is 71.5 Å². The number of aryl methyl sites for hydroxylation is 2. The summed E-state index contributed by atoms with van der Waals surface area (Å²) in [7, 11) is 5.45. The molecule has 1 saturated heterocycles. The van der Waals surface area contributed by atoms with Crippen molar-refractivity contribution in [2.75, 3.05) is 32.6 Å². The van der Waals surface area contributed by atoms with E-state index in [0.717, 1.165) is 40.8 Å². The van der Waals surface area contributed by atoms with Crippen molar-refractivity contribution in [1.82, 2.24) is 19.9 Å². The van der Waals surface area contributed by atoms with Crippen molar-refractivity contribution < 1.29 is 9.53 Å². The molecule has 7 heteroatoms. The van der Waals surface area contributed by atoms with Gasteiger partial charge >= 0.3 is 0 Å². The Labute approximate surface area is 189 Å². The molecule has 32 heavy (non-hydrogen) atoms. The number of ether oxygens (including phenoxy) is 1. The number of para-hydroxylation sites is 1. The molecule has 3 aromatic rings. The number of carbonyl (C=O) groups excluding carboxylic acids is 1. The molecule has 7 nitrogen and oxygen atoms in total. The maximum absolute atomic E-state index is 13.7. The summed E-state index contributed by atoms with van der Waals surface area (Å²) in [6.07, 6.45) is 7.25. The van der Waals surface area contributed by atoms with Crippen LogP contribution in [-0.4, -0.2) is 53.5 Å². The Bertz CT molecular complexity index is 1140. The molecule has 1 aromatic carbocycles. The quantitative estimate of drug-likeness (QED) is 0.603. The van der Waals surface area contributed by atoms with E-state index >= 15 is 0 Å². The lowest BCUT2D eigenvalue weighted by atomic mass is 9.97. The van der Waals surface area contributed by atoms with Crippen LogP contribution in [0.4, 0.5) is 5.95 Å². The van der Waals surface area contributed by atoms with E-state index in [-0.39, 0.29) is 11.9 Å². The van der Waals surface area contributed by atoms with Gasteiger partial charge in [-0.05, 0) is 55.5 Å². The highest BCUT2D eigenvalue weighted by molar-refractivity contribution is 5.98. The first kappa shape index (κ1) is 21.7. The van der Waals surface area contributed by atoms with Crippen molar-refractivity contribution in [3.63, 3.8) is 0 Å². The van der Waals surface area contributed by atoms with Crippen LogP contribution in [0.15, 0.2) is 42.9 Å². The molecular formula is C25H29N5O2. The molecule has 1 atom stereocenters. The second-order valence-corrected chi connectivity index (χ2v) is 8.37. The van der Waals surface area contributed by atoms with Crippen molar-refractivity contribution in [2.24, 2.45) is 0 Å².